The number of thiazole rings is 1. The number of amides is 1. The molecule has 158 valence electrons. The molecule has 5 rings (SSSR count). The second kappa shape index (κ2) is 8.07. The van der Waals surface area contributed by atoms with Crippen LogP contribution in [0.15, 0.2) is 40.2 Å². The largest absolute Gasteiger partial charge is 0.360 e. The number of carbonyl (C=O) groups excluding carboxylic acids is 1. The molecule has 4 aromatic rings. The molecule has 0 spiro atoms. The zero-order valence-electron chi connectivity index (χ0n) is 17.3. The molecule has 8 nitrogen and oxygen atoms in total. The summed E-state index contributed by atoms with van der Waals surface area (Å²) in [6.45, 7) is 4.48. The Morgan fingerprint density at radius 2 is 2.03 bits per heavy atom. The number of hydrogen-bond acceptors (Lipinski definition) is 7. The lowest BCUT2D eigenvalue weighted by Gasteiger charge is -2.16. The van der Waals surface area contributed by atoms with Gasteiger partial charge in [0.05, 0.1) is 5.01 Å². The van der Waals surface area contributed by atoms with Crippen LogP contribution in [-0.2, 0) is 13.0 Å². The molecule has 0 aliphatic carbocycles. The Morgan fingerprint density at radius 3 is 2.81 bits per heavy atom. The summed E-state index contributed by atoms with van der Waals surface area (Å²) in [6, 6.07) is 9.64. The van der Waals surface area contributed by atoms with Crippen molar-refractivity contribution in [3.05, 3.63) is 57.9 Å². The molecule has 0 bridgehead atoms. The Morgan fingerprint density at radius 1 is 1.19 bits per heavy atom. The Hall–Kier alpha value is -3.33. The van der Waals surface area contributed by atoms with Gasteiger partial charge in [0.25, 0.3) is 5.91 Å². The third-order valence-corrected chi connectivity index (χ3v) is 6.34. The topological polar surface area (TPSA) is 98.7 Å². The van der Waals surface area contributed by atoms with E-state index in [0.29, 0.717) is 17.0 Å². The summed E-state index contributed by atoms with van der Waals surface area (Å²) in [7, 11) is 0. The predicted octanol–water partition coefficient (Wildman–Crippen LogP) is 3.81. The molecular formula is C22H22N6O2S. The van der Waals surface area contributed by atoms with Gasteiger partial charge in [0.2, 0.25) is 0 Å². The van der Waals surface area contributed by atoms with E-state index < -0.39 is 0 Å². The maximum Gasteiger partial charge on any atom is 0.257 e. The molecule has 4 heterocycles. The summed E-state index contributed by atoms with van der Waals surface area (Å²) in [4.78, 5) is 17.7. The summed E-state index contributed by atoms with van der Waals surface area (Å²) in [6.07, 6.45) is 2.33. The number of hydrogen-bond donors (Lipinski definition) is 1. The van der Waals surface area contributed by atoms with E-state index in [1.54, 1.807) is 18.3 Å². The van der Waals surface area contributed by atoms with Gasteiger partial charge in [-0.1, -0.05) is 35.5 Å². The van der Waals surface area contributed by atoms with E-state index in [9.17, 15) is 4.79 Å². The fourth-order valence-electron chi connectivity index (χ4n) is 3.98. The van der Waals surface area contributed by atoms with E-state index >= 15 is 0 Å². The molecule has 1 atom stereocenters. The lowest BCUT2D eigenvalue weighted by atomic mass is 10.0. The van der Waals surface area contributed by atoms with Crippen molar-refractivity contribution in [2.45, 2.75) is 45.7 Å². The van der Waals surface area contributed by atoms with Crippen molar-refractivity contribution in [3.63, 3.8) is 0 Å². The number of carbonyl (C=O) groups is 1. The number of aryl methyl sites for hydroxylation is 3. The van der Waals surface area contributed by atoms with Crippen LogP contribution in [0, 0.1) is 13.8 Å². The molecule has 1 aliphatic rings. The maximum absolute atomic E-state index is 13.1. The first-order valence-corrected chi connectivity index (χ1v) is 11.1. The standard InChI is InChI=1S/C22H22N6O2S/c1-13-19(20(27-30-13)15-6-4-3-5-7-15)22(29)24-16-8-9-18-25-26-21(28(18)11-10-16)17-12-31-14(2)23-17/h3-7,12,16H,8-11H2,1-2H3,(H,24,29). The highest BCUT2D eigenvalue weighted by atomic mass is 32.1. The summed E-state index contributed by atoms with van der Waals surface area (Å²) >= 11 is 1.60. The van der Waals surface area contributed by atoms with Crippen molar-refractivity contribution < 1.29 is 9.32 Å². The first kappa shape index (κ1) is 19.6. The van der Waals surface area contributed by atoms with Crippen molar-refractivity contribution >= 4 is 17.2 Å². The van der Waals surface area contributed by atoms with Crippen molar-refractivity contribution in [2.75, 3.05) is 0 Å². The molecule has 1 amide bonds. The lowest BCUT2D eigenvalue weighted by molar-refractivity contribution is 0.0932. The molecule has 0 radical (unpaired) electrons. The van der Waals surface area contributed by atoms with Crippen LogP contribution in [0.25, 0.3) is 22.8 Å². The molecule has 0 saturated heterocycles. The van der Waals surface area contributed by atoms with Gasteiger partial charge < -0.3 is 14.4 Å². The minimum atomic E-state index is -0.157. The molecule has 1 N–H and O–H groups in total. The quantitative estimate of drug-likeness (QED) is 0.524. The number of nitrogens with one attached hydrogen (secondary N) is 1. The third-order valence-electron chi connectivity index (χ3n) is 5.57. The monoisotopic (exact) mass is 434 g/mol. The first-order valence-electron chi connectivity index (χ1n) is 10.3. The normalized spacial score (nSPS) is 16.0. The van der Waals surface area contributed by atoms with E-state index in [4.69, 9.17) is 4.52 Å². The van der Waals surface area contributed by atoms with Crippen molar-refractivity contribution in [3.8, 4) is 22.8 Å². The molecule has 0 fully saturated rings. The average molecular weight is 435 g/mol. The maximum atomic E-state index is 13.1. The SMILES string of the molecule is Cc1nc(-c2nnc3n2CCC(NC(=O)c2c(-c4ccccc4)noc2C)CC3)cs1. The Bertz CT molecular complexity index is 1230. The predicted molar refractivity (Wildman–Crippen MR) is 117 cm³/mol. The van der Waals surface area contributed by atoms with Crippen LogP contribution < -0.4 is 5.32 Å². The van der Waals surface area contributed by atoms with Gasteiger partial charge in [-0.3, -0.25) is 4.79 Å². The molecule has 1 aromatic carbocycles. The fourth-order valence-corrected chi connectivity index (χ4v) is 4.57. The number of aromatic nitrogens is 5. The minimum Gasteiger partial charge on any atom is -0.360 e. The molecule has 1 unspecified atom stereocenters. The fraction of sp³-hybridized carbons (Fsp3) is 0.318. The smallest absolute Gasteiger partial charge is 0.257 e. The van der Waals surface area contributed by atoms with Crippen LogP contribution in [-0.4, -0.2) is 36.9 Å². The number of rotatable bonds is 4. The zero-order valence-corrected chi connectivity index (χ0v) is 18.1. The van der Waals surface area contributed by atoms with Crippen molar-refractivity contribution in [1.82, 2.24) is 30.2 Å². The lowest BCUT2D eigenvalue weighted by Crippen LogP contribution is -2.35. The summed E-state index contributed by atoms with van der Waals surface area (Å²) in [5.74, 6) is 2.09. The van der Waals surface area contributed by atoms with Gasteiger partial charge in [0.15, 0.2) is 5.82 Å². The van der Waals surface area contributed by atoms with Crippen LogP contribution in [0.3, 0.4) is 0 Å². The molecule has 1 aliphatic heterocycles. The van der Waals surface area contributed by atoms with E-state index in [1.807, 2.05) is 42.6 Å². The van der Waals surface area contributed by atoms with Gasteiger partial charge in [0.1, 0.15) is 28.5 Å². The van der Waals surface area contributed by atoms with Crippen LogP contribution in [0.1, 0.15) is 39.8 Å². The highest BCUT2D eigenvalue weighted by Gasteiger charge is 2.26. The van der Waals surface area contributed by atoms with Crippen LogP contribution in [0.4, 0.5) is 0 Å². The summed E-state index contributed by atoms with van der Waals surface area (Å²) in [5, 5.41) is 19.1. The first-order chi connectivity index (χ1) is 15.1. The van der Waals surface area contributed by atoms with Gasteiger partial charge in [-0.2, -0.15) is 0 Å². The van der Waals surface area contributed by atoms with E-state index in [2.05, 4.69) is 30.2 Å². The second-order valence-corrected chi connectivity index (χ2v) is 8.73. The van der Waals surface area contributed by atoms with Crippen LogP contribution in [0.2, 0.25) is 0 Å². The Kier molecular flexibility index (Phi) is 5.11. The summed E-state index contributed by atoms with van der Waals surface area (Å²) < 4.78 is 7.48. The Labute approximate surface area is 183 Å². The van der Waals surface area contributed by atoms with Gasteiger partial charge in [-0.15, -0.1) is 21.5 Å². The molecule has 31 heavy (non-hydrogen) atoms. The summed E-state index contributed by atoms with van der Waals surface area (Å²) in [5.41, 5.74) is 2.78. The van der Waals surface area contributed by atoms with E-state index in [-0.39, 0.29) is 11.9 Å². The Balaban J connectivity index is 1.33. The zero-order chi connectivity index (χ0) is 21.4. The number of benzene rings is 1. The van der Waals surface area contributed by atoms with Gasteiger partial charge in [-0.25, -0.2) is 4.98 Å². The second-order valence-electron chi connectivity index (χ2n) is 7.67. The number of nitrogens with zero attached hydrogens (tertiary/aromatic N) is 5. The molecular weight excluding hydrogens is 412 g/mol. The minimum absolute atomic E-state index is 0.0251. The number of fused-ring (bicyclic) bond motifs is 1. The molecule has 9 heteroatoms. The van der Waals surface area contributed by atoms with Crippen LogP contribution >= 0.6 is 11.3 Å². The average Bonchev–Trinajstić information content (AvgIpc) is 3.45. The van der Waals surface area contributed by atoms with Crippen molar-refractivity contribution in [1.29, 1.82) is 0 Å². The van der Waals surface area contributed by atoms with Crippen molar-refractivity contribution in [2.24, 2.45) is 0 Å². The molecule has 3 aromatic heterocycles. The third kappa shape index (κ3) is 3.76. The van der Waals surface area contributed by atoms with Crippen LogP contribution in [0.5, 0.6) is 0 Å². The van der Waals surface area contributed by atoms with E-state index in [0.717, 1.165) is 53.7 Å². The van der Waals surface area contributed by atoms with E-state index in [1.165, 1.54) is 0 Å². The van der Waals surface area contributed by atoms with Gasteiger partial charge >= 0.3 is 0 Å². The van der Waals surface area contributed by atoms with Gasteiger partial charge in [0, 0.05) is 30.0 Å². The highest BCUT2D eigenvalue weighted by molar-refractivity contribution is 7.09. The highest BCUT2D eigenvalue weighted by Crippen LogP contribution is 2.27. The van der Waals surface area contributed by atoms with Gasteiger partial charge in [-0.05, 0) is 26.7 Å². The molecule has 0 saturated carbocycles.